The fourth-order valence-electron chi connectivity index (χ4n) is 1.30. The Morgan fingerprint density at radius 2 is 1.85 bits per heavy atom. The first-order valence-electron chi connectivity index (χ1n) is 4.96. The van der Waals surface area contributed by atoms with Crippen LogP contribution in [0.5, 0.6) is 0 Å². The van der Waals surface area contributed by atoms with Gasteiger partial charge in [0.25, 0.3) is 0 Å². The minimum Gasteiger partial charge on any atom is -0.376 e. The molecule has 0 saturated carbocycles. The number of nitrogens with zero attached hydrogens (tertiary/aromatic N) is 1. The maximum absolute atomic E-state index is 11.0. The molecule has 1 atom stereocenters. The topological polar surface area (TPSA) is 20.3 Å². The predicted molar refractivity (Wildman–Crippen MR) is 56.5 cm³/mol. The molecule has 0 radical (unpaired) electrons. The lowest BCUT2D eigenvalue weighted by atomic mass is 10.0. The minimum atomic E-state index is 0.105. The molecule has 0 aromatic heterocycles. The lowest BCUT2D eigenvalue weighted by Crippen LogP contribution is -2.23. The van der Waals surface area contributed by atoms with Gasteiger partial charge in [0.1, 0.15) is 5.78 Å². The van der Waals surface area contributed by atoms with Crippen LogP contribution in [-0.4, -0.2) is 23.8 Å². The molecule has 0 bridgehead atoms. The molecule has 0 rings (SSSR count). The van der Waals surface area contributed by atoms with Gasteiger partial charge >= 0.3 is 0 Å². The van der Waals surface area contributed by atoms with Crippen molar-refractivity contribution in [3.63, 3.8) is 0 Å². The number of ketones is 1. The van der Waals surface area contributed by atoms with Gasteiger partial charge in [0.2, 0.25) is 0 Å². The maximum Gasteiger partial charge on any atom is 0.133 e. The van der Waals surface area contributed by atoms with Crippen molar-refractivity contribution in [1.82, 2.24) is 4.90 Å². The van der Waals surface area contributed by atoms with Crippen LogP contribution < -0.4 is 0 Å². The standard InChI is InChI=1S/C11H21NO/c1-6-12(7-2)10(4)8-9(3)11(5)13/h9H,4,6-8H2,1-3,5H3/t9-/m0/s1. The van der Waals surface area contributed by atoms with Crippen LogP contribution in [0.15, 0.2) is 12.3 Å². The number of allylic oxidation sites excluding steroid dienone is 1. The molecule has 2 nitrogen and oxygen atoms in total. The van der Waals surface area contributed by atoms with Gasteiger partial charge in [0, 0.05) is 24.7 Å². The Hall–Kier alpha value is -0.790. The third kappa shape index (κ3) is 4.11. The number of rotatable bonds is 6. The van der Waals surface area contributed by atoms with Crippen molar-refractivity contribution in [1.29, 1.82) is 0 Å². The van der Waals surface area contributed by atoms with E-state index in [-0.39, 0.29) is 11.7 Å². The highest BCUT2D eigenvalue weighted by Crippen LogP contribution is 2.14. The van der Waals surface area contributed by atoms with E-state index in [1.165, 1.54) is 0 Å². The van der Waals surface area contributed by atoms with E-state index >= 15 is 0 Å². The SMILES string of the molecule is C=C(C[C@H](C)C(C)=O)N(CC)CC. The van der Waals surface area contributed by atoms with Crippen LogP contribution in [0.25, 0.3) is 0 Å². The number of hydrogen-bond acceptors (Lipinski definition) is 2. The van der Waals surface area contributed by atoms with Gasteiger partial charge in [-0.15, -0.1) is 0 Å². The van der Waals surface area contributed by atoms with Crippen LogP contribution in [-0.2, 0) is 4.79 Å². The first-order valence-corrected chi connectivity index (χ1v) is 4.96. The quantitative estimate of drug-likeness (QED) is 0.630. The molecule has 0 aromatic carbocycles. The van der Waals surface area contributed by atoms with Crippen LogP contribution in [0, 0.1) is 5.92 Å². The fourth-order valence-corrected chi connectivity index (χ4v) is 1.30. The predicted octanol–water partition coefficient (Wildman–Crippen LogP) is 2.46. The summed E-state index contributed by atoms with van der Waals surface area (Å²) in [6.07, 6.45) is 0.789. The zero-order valence-electron chi connectivity index (χ0n) is 9.26. The van der Waals surface area contributed by atoms with Gasteiger partial charge in [-0.25, -0.2) is 0 Å². The van der Waals surface area contributed by atoms with Crippen LogP contribution in [0.4, 0.5) is 0 Å². The van der Waals surface area contributed by atoms with Crippen molar-refractivity contribution in [3.05, 3.63) is 12.3 Å². The van der Waals surface area contributed by atoms with E-state index in [1.807, 2.05) is 6.92 Å². The Labute approximate surface area is 81.6 Å². The van der Waals surface area contributed by atoms with E-state index in [4.69, 9.17) is 0 Å². The molecule has 0 fully saturated rings. The van der Waals surface area contributed by atoms with Crippen molar-refractivity contribution in [2.75, 3.05) is 13.1 Å². The molecule has 0 heterocycles. The number of Topliss-reactive ketones (excluding diaryl/α,β-unsaturated/α-hetero) is 1. The molecule has 0 aliphatic heterocycles. The maximum atomic E-state index is 11.0. The lowest BCUT2D eigenvalue weighted by Gasteiger charge is -2.24. The van der Waals surface area contributed by atoms with Crippen molar-refractivity contribution < 1.29 is 4.79 Å². The van der Waals surface area contributed by atoms with E-state index in [1.54, 1.807) is 6.92 Å². The highest BCUT2D eigenvalue weighted by atomic mass is 16.1. The Morgan fingerprint density at radius 1 is 1.38 bits per heavy atom. The Morgan fingerprint density at radius 3 is 2.15 bits per heavy atom. The normalized spacial score (nSPS) is 12.3. The lowest BCUT2D eigenvalue weighted by molar-refractivity contribution is -0.120. The molecular formula is C11H21NO. The molecule has 0 N–H and O–H groups in total. The number of carbonyl (C=O) groups is 1. The summed E-state index contributed by atoms with van der Waals surface area (Å²) in [5.74, 6) is 0.349. The molecule has 0 unspecified atom stereocenters. The van der Waals surface area contributed by atoms with Crippen molar-refractivity contribution in [2.45, 2.75) is 34.1 Å². The second kappa shape index (κ2) is 5.79. The Bertz CT molecular complexity index is 183. The largest absolute Gasteiger partial charge is 0.376 e. The van der Waals surface area contributed by atoms with Gasteiger partial charge in [-0.05, 0) is 27.2 Å². The Balaban J connectivity index is 4.05. The molecular weight excluding hydrogens is 162 g/mol. The summed E-state index contributed by atoms with van der Waals surface area (Å²) in [6.45, 7) is 13.7. The van der Waals surface area contributed by atoms with Crippen LogP contribution >= 0.6 is 0 Å². The second-order valence-corrected chi connectivity index (χ2v) is 3.45. The average Bonchev–Trinajstić information content (AvgIpc) is 2.06. The number of hydrogen-bond donors (Lipinski definition) is 0. The van der Waals surface area contributed by atoms with Crippen molar-refractivity contribution in [2.24, 2.45) is 5.92 Å². The van der Waals surface area contributed by atoms with Gasteiger partial charge in [0.05, 0.1) is 0 Å². The first kappa shape index (κ1) is 12.2. The third-order valence-electron chi connectivity index (χ3n) is 2.45. The third-order valence-corrected chi connectivity index (χ3v) is 2.45. The second-order valence-electron chi connectivity index (χ2n) is 3.45. The molecule has 0 aliphatic carbocycles. The molecule has 0 amide bonds. The smallest absolute Gasteiger partial charge is 0.133 e. The summed E-state index contributed by atoms with van der Waals surface area (Å²) in [4.78, 5) is 13.2. The van der Waals surface area contributed by atoms with E-state index in [2.05, 4.69) is 25.3 Å². The first-order chi connectivity index (χ1) is 6.02. The highest BCUT2D eigenvalue weighted by molar-refractivity contribution is 5.78. The summed E-state index contributed by atoms with van der Waals surface area (Å²) >= 11 is 0. The highest BCUT2D eigenvalue weighted by Gasteiger charge is 2.11. The summed E-state index contributed by atoms with van der Waals surface area (Å²) in [6, 6.07) is 0. The van der Waals surface area contributed by atoms with E-state index in [9.17, 15) is 4.79 Å². The van der Waals surface area contributed by atoms with Gasteiger partial charge in [0.15, 0.2) is 0 Å². The summed E-state index contributed by atoms with van der Waals surface area (Å²) < 4.78 is 0. The Kier molecular flexibility index (Phi) is 5.44. The van der Waals surface area contributed by atoms with E-state index in [0.29, 0.717) is 0 Å². The number of carbonyl (C=O) groups excluding carboxylic acids is 1. The average molecular weight is 183 g/mol. The van der Waals surface area contributed by atoms with E-state index in [0.717, 1.165) is 25.2 Å². The van der Waals surface area contributed by atoms with Gasteiger partial charge < -0.3 is 4.90 Å². The van der Waals surface area contributed by atoms with Crippen LogP contribution in [0.3, 0.4) is 0 Å². The molecule has 0 saturated heterocycles. The summed E-state index contributed by atoms with van der Waals surface area (Å²) in [5, 5.41) is 0. The van der Waals surface area contributed by atoms with Gasteiger partial charge in [-0.1, -0.05) is 13.5 Å². The van der Waals surface area contributed by atoms with Crippen LogP contribution in [0.2, 0.25) is 0 Å². The van der Waals surface area contributed by atoms with E-state index < -0.39 is 0 Å². The molecule has 0 aromatic rings. The molecule has 0 spiro atoms. The molecule has 76 valence electrons. The van der Waals surface area contributed by atoms with Crippen LogP contribution in [0.1, 0.15) is 34.1 Å². The minimum absolute atomic E-state index is 0.105. The zero-order valence-corrected chi connectivity index (χ0v) is 9.26. The molecule has 2 heteroatoms. The van der Waals surface area contributed by atoms with Gasteiger partial charge in [-0.2, -0.15) is 0 Å². The zero-order chi connectivity index (χ0) is 10.4. The molecule has 13 heavy (non-hydrogen) atoms. The summed E-state index contributed by atoms with van der Waals surface area (Å²) in [5.41, 5.74) is 1.08. The fraction of sp³-hybridized carbons (Fsp3) is 0.727. The monoisotopic (exact) mass is 183 g/mol. The van der Waals surface area contributed by atoms with Crippen molar-refractivity contribution in [3.8, 4) is 0 Å². The van der Waals surface area contributed by atoms with Gasteiger partial charge in [-0.3, -0.25) is 4.79 Å². The molecule has 0 aliphatic rings. The van der Waals surface area contributed by atoms with Crippen molar-refractivity contribution >= 4 is 5.78 Å². The summed E-state index contributed by atoms with van der Waals surface area (Å²) in [7, 11) is 0.